The Labute approximate surface area is 174 Å². The fraction of sp³-hybridized carbons (Fsp3) is 0.286. The number of hydrogen-bond donors (Lipinski definition) is 1. The molecule has 1 aromatic heterocycles. The number of rotatable bonds is 5. The molecule has 1 fully saturated rings. The van der Waals surface area contributed by atoms with Gasteiger partial charge in [0.25, 0.3) is 0 Å². The maximum absolute atomic E-state index is 13.0. The smallest absolute Gasteiger partial charge is 0.240 e. The zero-order valence-electron chi connectivity index (χ0n) is 15.7. The lowest BCUT2D eigenvalue weighted by molar-refractivity contribution is 0.200. The summed E-state index contributed by atoms with van der Waals surface area (Å²) in [7, 11) is -3.65. The van der Waals surface area contributed by atoms with Crippen LogP contribution in [0.4, 0.5) is 4.39 Å². The molecule has 0 bridgehead atoms. The van der Waals surface area contributed by atoms with Crippen molar-refractivity contribution in [3.05, 3.63) is 71.1 Å². The molecule has 1 saturated heterocycles. The van der Waals surface area contributed by atoms with Gasteiger partial charge >= 0.3 is 0 Å². The van der Waals surface area contributed by atoms with E-state index >= 15 is 0 Å². The van der Waals surface area contributed by atoms with E-state index in [1.165, 1.54) is 12.1 Å². The van der Waals surface area contributed by atoms with Gasteiger partial charge < -0.3 is 0 Å². The number of hydrogen-bond acceptors (Lipinski definition) is 4. The van der Waals surface area contributed by atoms with Gasteiger partial charge in [-0.3, -0.25) is 9.88 Å². The Bertz CT molecular complexity index is 1110. The van der Waals surface area contributed by atoms with Crippen molar-refractivity contribution < 1.29 is 12.8 Å². The second kappa shape index (κ2) is 8.36. The fourth-order valence-electron chi connectivity index (χ4n) is 3.68. The van der Waals surface area contributed by atoms with Crippen LogP contribution in [0, 0.1) is 5.82 Å². The summed E-state index contributed by atoms with van der Waals surface area (Å²) in [6, 6.07) is 12.5. The molecular weight excluding hydrogens is 413 g/mol. The lowest BCUT2D eigenvalue weighted by Gasteiger charge is -2.32. The van der Waals surface area contributed by atoms with Gasteiger partial charge in [-0.25, -0.2) is 17.5 Å². The number of fused-ring (bicyclic) bond motifs is 1. The summed E-state index contributed by atoms with van der Waals surface area (Å²) in [5, 5.41) is 1.62. The quantitative estimate of drug-likeness (QED) is 0.661. The highest BCUT2D eigenvalue weighted by Gasteiger charge is 2.25. The van der Waals surface area contributed by atoms with E-state index in [1.54, 1.807) is 6.20 Å². The highest BCUT2D eigenvalue weighted by molar-refractivity contribution is 7.89. The zero-order valence-corrected chi connectivity index (χ0v) is 17.3. The van der Waals surface area contributed by atoms with Gasteiger partial charge in [0.2, 0.25) is 10.0 Å². The van der Waals surface area contributed by atoms with Crippen molar-refractivity contribution in [2.75, 3.05) is 13.1 Å². The third-order valence-corrected chi connectivity index (χ3v) is 7.09. The molecule has 152 valence electrons. The second-order valence-electron chi connectivity index (χ2n) is 7.23. The van der Waals surface area contributed by atoms with Crippen molar-refractivity contribution >= 4 is 32.5 Å². The Balaban J connectivity index is 1.39. The number of piperidine rings is 1. The Morgan fingerprint density at radius 1 is 1.10 bits per heavy atom. The maximum Gasteiger partial charge on any atom is 0.240 e. The number of benzene rings is 2. The van der Waals surface area contributed by atoms with Crippen LogP contribution in [0.3, 0.4) is 0 Å². The molecule has 1 aliphatic rings. The summed E-state index contributed by atoms with van der Waals surface area (Å²) in [6.07, 6.45) is 3.18. The minimum atomic E-state index is -3.65. The third kappa shape index (κ3) is 4.59. The first-order chi connectivity index (χ1) is 13.9. The van der Waals surface area contributed by atoms with Crippen LogP contribution in [0.5, 0.6) is 0 Å². The van der Waals surface area contributed by atoms with Crippen LogP contribution >= 0.6 is 11.6 Å². The molecule has 1 N–H and O–H groups in total. The van der Waals surface area contributed by atoms with E-state index in [4.69, 9.17) is 11.6 Å². The first kappa shape index (κ1) is 20.2. The molecule has 4 rings (SSSR count). The average molecular weight is 434 g/mol. The summed E-state index contributed by atoms with van der Waals surface area (Å²) in [4.78, 5) is 6.86. The summed E-state index contributed by atoms with van der Waals surface area (Å²) >= 11 is 6.27. The highest BCUT2D eigenvalue weighted by atomic mass is 35.5. The molecule has 5 nitrogen and oxygen atoms in total. The highest BCUT2D eigenvalue weighted by Crippen LogP contribution is 2.26. The summed E-state index contributed by atoms with van der Waals surface area (Å²) in [6.45, 7) is 2.28. The summed E-state index contributed by atoms with van der Waals surface area (Å²) < 4.78 is 40.8. The number of sulfonamides is 1. The van der Waals surface area contributed by atoms with Crippen LogP contribution in [0.2, 0.25) is 5.02 Å². The molecule has 3 aromatic rings. The molecule has 0 unspecified atom stereocenters. The molecule has 2 heterocycles. The predicted molar refractivity (Wildman–Crippen MR) is 112 cm³/mol. The molecule has 0 radical (unpaired) electrons. The normalized spacial score (nSPS) is 16.3. The van der Waals surface area contributed by atoms with Crippen molar-refractivity contribution in [1.29, 1.82) is 0 Å². The van der Waals surface area contributed by atoms with Crippen molar-refractivity contribution in [3.8, 4) is 0 Å². The molecule has 2 aromatic carbocycles. The molecule has 0 atom stereocenters. The number of nitrogens with one attached hydrogen (secondary N) is 1. The first-order valence-electron chi connectivity index (χ1n) is 9.45. The molecule has 29 heavy (non-hydrogen) atoms. The van der Waals surface area contributed by atoms with E-state index < -0.39 is 15.8 Å². The van der Waals surface area contributed by atoms with Crippen molar-refractivity contribution in [2.24, 2.45) is 0 Å². The lowest BCUT2D eigenvalue weighted by atomic mass is 10.0. The Hall–Kier alpha value is -2.06. The molecular formula is C21H21ClFN3O2S. The van der Waals surface area contributed by atoms with Gasteiger partial charge in [0.1, 0.15) is 5.82 Å². The largest absolute Gasteiger partial charge is 0.299 e. The minimum absolute atomic E-state index is 0.0834. The van der Waals surface area contributed by atoms with Gasteiger partial charge in [-0.1, -0.05) is 17.7 Å². The van der Waals surface area contributed by atoms with Crippen LogP contribution in [0.1, 0.15) is 18.4 Å². The van der Waals surface area contributed by atoms with Gasteiger partial charge in [-0.15, -0.1) is 0 Å². The lowest BCUT2D eigenvalue weighted by Crippen LogP contribution is -2.44. The number of aromatic nitrogens is 1. The van der Waals surface area contributed by atoms with Crippen molar-refractivity contribution in [1.82, 2.24) is 14.6 Å². The van der Waals surface area contributed by atoms with Gasteiger partial charge in [0.15, 0.2) is 0 Å². The van der Waals surface area contributed by atoms with Crippen LogP contribution in [0.15, 0.2) is 59.6 Å². The average Bonchev–Trinajstić information content (AvgIpc) is 2.72. The number of nitrogens with zero attached hydrogens (tertiary/aromatic N) is 2. The maximum atomic E-state index is 13.0. The molecule has 1 aliphatic heterocycles. The van der Waals surface area contributed by atoms with Crippen LogP contribution in [-0.2, 0) is 16.6 Å². The van der Waals surface area contributed by atoms with Crippen LogP contribution in [0.25, 0.3) is 10.9 Å². The molecule has 0 saturated carbocycles. The number of halogens is 2. The van der Waals surface area contributed by atoms with E-state index in [0.717, 1.165) is 48.2 Å². The van der Waals surface area contributed by atoms with E-state index in [1.807, 2.05) is 24.3 Å². The standard InChI is InChI=1S/C21H21ClFN3O2S/c22-20-8-3-15(21-19(20)2-1-11-24-21)14-26-12-9-17(10-13-26)25-29(27,28)18-6-4-16(23)5-7-18/h1-8,11,17,25H,9-10,12-14H2. The SMILES string of the molecule is O=S(=O)(NC1CCN(Cc2ccc(Cl)c3cccnc23)CC1)c1ccc(F)cc1. The summed E-state index contributed by atoms with van der Waals surface area (Å²) in [5.74, 6) is -0.457. The first-order valence-corrected chi connectivity index (χ1v) is 11.3. The van der Waals surface area contributed by atoms with Gasteiger partial charge in [-0.2, -0.15) is 0 Å². The number of pyridine rings is 1. The monoisotopic (exact) mass is 433 g/mol. The van der Waals surface area contributed by atoms with Gasteiger partial charge in [0.05, 0.1) is 10.4 Å². The minimum Gasteiger partial charge on any atom is -0.299 e. The second-order valence-corrected chi connectivity index (χ2v) is 9.35. The predicted octanol–water partition coefficient (Wildman–Crippen LogP) is 3.97. The Kier molecular flexibility index (Phi) is 5.83. The molecule has 0 aliphatic carbocycles. The van der Waals surface area contributed by atoms with Crippen LogP contribution in [-0.4, -0.2) is 37.4 Å². The zero-order chi connectivity index (χ0) is 20.4. The molecule has 8 heteroatoms. The molecule has 0 amide bonds. The van der Waals surface area contributed by atoms with Gasteiger partial charge in [0, 0.05) is 42.3 Å². The Morgan fingerprint density at radius 3 is 2.55 bits per heavy atom. The van der Waals surface area contributed by atoms with Crippen molar-refractivity contribution in [2.45, 2.75) is 30.3 Å². The van der Waals surface area contributed by atoms with E-state index in [-0.39, 0.29) is 10.9 Å². The summed E-state index contributed by atoms with van der Waals surface area (Å²) in [5.41, 5.74) is 2.01. The third-order valence-electron chi connectivity index (χ3n) is 5.23. The van der Waals surface area contributed by atoms with Crippen LogP contribution < -0.4 is 4.72 Å². The molecule has 0 spiro atoms. The van der Waals surface area contributed by atoms with E-state index in [2.05, 4.69) is 14.6 Å². The fourth-order valence-corrected chi connectivity index (χ4v) is 5.20. The number of likely N-dealkylation sites (tertiary alicyclic amines) is 1. The Morgan fingerprint density at radius 2 is 1.83 bits per heavy atom. The van der Waals surface area contributed by atoms with Crippen molar-refractivity contribution in [3.63, 3.8) is 0 Å². The van der Waals surface area contributed by atoms with Gasteiger partial charge in [-0.05, 0) is 60.9 Å². The van der Waals surface area contributed by atoms with E-state index in [9.17, 15) is 12.8 Å². The van der Waals surface area contributed by atoms with E-state index in [0.29, 0.717) is 17.9 Å². The topological polar surface area (TPSA) is 62.3 Å².